The van der Waals surface area contributed by atoms with E-state index in [1.165, 1.54) is 6.33 Å². The van der Waals surface area contributed by atoms with Crippen molar-refractivity contribution in [1.82, 2.24) is 24.8 Å². The Bertz CT molecular complexity index is 1300. The fourth-order valence-corrected chi connectivity index (χ4v) is 5.29. The summed E-state index contributed by atoms with van der Waals surface area (Å²) in [6.07, 6.45) is 5.31. The highest BCUT2D eigenvalue weighted by atomic mass is 35.5. The minimum absolute atomic E-state index is 0.123. The van der Waals surface area contributed by atoms with Gasteiger partial charge in [-0.15, -0.1) is 0 Å². The molecule has 0 radical (unpaired) electrons. The van der Waals surface area contributed by atoms with Crippen LogP contribution in [0.3, 0.4) is 0 Å². The molecule has 2 aromatic heterocycles. The van der Waals surface area contributed by atoms with Crippen molar-refractivity contribution in [2.75, 3.05) is 67.7 Å². The molecular weight excluding hydrogens is 518 g/mol. The van der Waals surface area contributed by atoms with E-state index in [0.717, 1.165) is 61.0 Å². The number of morpholine rings is 1. The van der Waals surface area contributed by atoms with Gasteiger partial charge in [-0.05, 0) is 33.9 Å². The highest BCUT2D eigenvalue weighted by Crippen LogP contribution is 2.41. The van der Waals surface area contributed by atoms with Gasteiger partial charge in [-0.25, -0.2) is 19.9 Å². The van der Waals surface area contributed by atoms with Crippen molar-refractivity contribution in [2.24, 2.45) is 0 Å². The van der Waals surface area contributed by atoms with Crippen LogP contribution in [0.4, 0.5) is 28.8 Å². The molecule has 0 bridgehead atoms. The Morgan fingerprint density at radius 3 is 2.38 bits per heavy atom. The van der Waals surface area contributed by atoms with Gasteiger partial charge in [0, 0.05) is 68.4 Å². The molecule has 2 aliphatic rings. The van der Waals surface area contributed by atoms with E-state index in [0.29, 0.717) is 17.8 Å². The number of aromatic nitrogens is 4. The van der Waals surface area contributed by atoms with Crippen LogP contribution in [0.25, 0.3) is 11.1 Å². The third-order valence-corrected chi connectivity index (χ3v) is 7.66. The summed E-state index contributed by atoms with van der Waals surface area (Å²) in [5.41, 5.74) is 9.99. The molecule has 1 aromatic carbocycles. The number of ether oxygens (including phenoxy) is 2. The van der Waals surface area contributed by atoms with E-state index >= 15 is 0 Å². The predicted octanol–water partition coefficient (Wildman–Crippen LogP) is 3.68. The highest BCUT2D eigenvalue weighted by Gasteiger charge is 2.26. The normalized spacial score (nSPS) is 22.2. The molecule has 4 heterocycles. The molecular formula is C27H36ClN9O2. The summed E-state index contributed by atoms with van der Waals surface area (Å²) in [6, 6.07) is 4.47. The quantitative estimate of drug-likeness (QED) is 0.435. The van der Waals surface area contributed by atoms with Crippen LogP contribution in [0.15, 0.2) is 30.9 Å². The van der Waals surface area contributed by atoms with Gasteiger partial charge in [0.15, 0.2) is 11.0 Å². The number of halogens is 1. The van der Waals surface area contributed by atoms with Crippen molar-refractivity contribution in [3.8, 4) is 16.9 Å². The molecule has 0 unspecified atom stereocenters. The third kappa shape index (κ3) is 5.80. The molecule has 0 saturated carbocycles. The molecule has 3 atom stereocenters. The van der Waals surface area contributed by atoms with E-state index < -0.39 is 0 Å². The Labute approximate surface area is 234 Å². The van der Waals surface area contributed by atoms with E-state index in [9.17, 15) is 0 Å². The molecule has 2 saturated heterocycles. The second-order valence-electron chi connectivity index (χ2n) is 10.3. The van der Waals surface area contributed by atoms with Gasteiger partial charge in [0.2, 0.25) is 5.95 Å². The predicted molar refractivity (Wildman–Crippen MR) is 155 cm³/mol. The molecule has 2 aliphatic heterocycles. The van der Waals surface area contributed by atoms with Gasteiger partial charge in [-0.3, -0.25) is 0 Å². The number of nitrogens with one attached hydrogen (secondary N) is 1. The smallest absolute Gasteiger partial charge is 0.225 e. The summed E-state index contributed by atoms with van der Waals surface area (Å²) in [4.78, 5) is 24.6. The molecule has 12 heteroatoms. The van der Waals surface area contributed by atoms with Crippen molar-refractivity contribution < 1.29 is 9.47 Å². The summed E-state index contributed by atoms with van der Waals surface area (Å²) < 4.78 is 11.7. The van der Waals surface area contributed by atoms with E-state index in [2.05, 4.69) is 57.8 Å². The lowest BCUT2D eigenvalue weighted by Gasteiger charge is -2.40. The summed E-state index contributed by atoms with van der Waals surface area (Å²) in [5.74, 6) is 1.85. The average molecular weight is 554 g/mol. The van der Waals surface area contributed by atoms with Gasteiger partial charge < -0.3 is 35.2 Å². The molecule has 39 heavy (non-hydrogen) atoms. The van der Waals surface area contributed by atoms with Crippen LogP contribution in [0.2, 0.25) is 5.15 Å². The van der Waals surface area contributed by atoms with Crippen molar-refractivity contribution in [3.63, 3.8) is 0 Å². The fraction of sp³-hybridized carbons (Fsp3) is 0.481. The second-order valence-corrected chi connectivity index (χ2v) is 10.7. The number of nitrogens with zero attached hydrogens (tertiary/aromatic N) is 7. The van der Waals surface area contributed by atoms with Crippen LogP contribution < -0.4 is 25.6 Å². The highest BCUT2D eigenvalue weighted by molar-refractivity contribution is 6.32. The molecule has 208 valence electrons. The minimum Gasteiger partial charge on any atom is -0.496 e. The number of piperazine rings is 1. The standard InChI is InChI=1S/C27H36ClN9O2/c1-16-12-36(7-6-35(16)4)22-9-23(38-5)20(8-21(22)34-26-24(29)25(28)32-15-33-26)19-10-30-27(31-11-19)37-13-17(2)39-18(3)14-37/h8-11,15-18H,6-7,12-14,29H2,1-5H3,(H,32,33,34)/t16-,17-,18+/m0/s1. The third-order valence-electron chi connectivity index (χ3n) is 7.36. The van der Waals surface area contributed by atoms with Gasteiger partial charge in [-0.2, -0.15) is 0 Å². The summed E-state index contributed by atoms with van der Waals surface area (Å²) >= 11 is 6.19. The maximum Gasteiger partial charge on any atom is 0.225 e. The van der Waals surface area contributed by atoms with Crippen LogP contribution in [-0.2, 0) is 4.74 Å². The van der Waals surface area contributed by atoms with E-state index in [1.54, 1.807) is 7.11 Å². The van der Waals surface area contributed by atoms with Gasteiger partial charge in [0.1, 0.15) is 17.8 Å². The Balaban J connectivity index is 1.53. The molecule has 0 amide bonds. The van der Waals surface area contributed by atoms with Gasteiger partial charge in [-0.1, -0.05) is 11.6 Å². The topological polar surface area (TPSA) is 118 Å². The van der Waals surface area contributed by atoms with Crippen molar-refractivity contribution in [3.05, 3.63) is 36.0 Å². The molecule has 5 rings (SSSR count). The average Bonchev–Trinajstić information content (AvgIpc) is 2.92. The van der Waals surface area contributed by atoms with E-state index in [1.807, 2.05) is 24.5 Å². The largest absolute Gasteiger partial charge is 0.496 e. The van der Waals surface area contributed by atoms with Gasteiger partial charge in [0.25, 0.3) is 0 Å². The molecule has 3 aromatic rings. The van der Waals surface area contributed by atoms with Gasteiger partial charge >= 0.3 is 0 Å². The summed E-state index contributed by atoms with van der Waals surface area (Å²) in [7, 11) is 3.83. The Morgan fingerprint density at radius 1 is 1.00 bits per heavy atom. The molecule has 2 fully saturated rings. The zero-order chi connectivity index (χ0) is 27.7. The van der Waals surface area contributed by atoms with E-state index in [4.69, 9.17) is 36.8 Å². The number of methoxy groups -OCH3 is 1. The number of benzene rings is 1. The van der Waals surface area contributed by atoms with Crippen molar-refractivity contribution >= 4 is 40.4 Å². The SMILES string of the molecule is COc1cc(N2CCN(C)[C@@H](C)C2)c(Nc2ncnc(Cl)c2N)cc1-c1cnc(N2C[C@@H](C)O[C@@H](C)C2)nc1. The summed E-state index contributed by atoms with van der Waals surface area (Å²) in [5, 5.41) is 3.61. The maximum absolute atomic E-state index is 6.21. The number of anilines is 5. The number of likely N-dealkylation sites (N-methyl/N-ethyl adjacent to an activating group) is 1. The molecule has 0 spiro atoms. The van der Waals surface area contributed by atoms with Crippen LogP contribution in [0.1, 0.15) is 20.8 Å². The number of hydrogen-bond acceptors (Lipinski definition) is 11. The Hall–Kier alpha value is -3.41. The number of nitrogen functional groups attached to an aromatic ring is 1. The first-order chi connectivity index (χ1) is 18.7. The first kappa shape index (κ1) is 27.2. The van der Waals surface area contributed by atoms with Crippen molar-refractivity contribution in [2.45, 2.75) is 39.0 Å². The second kappa shape index (κ2) is 11.4. The Kier molecular flexibility index (Phi) is 7.92. The lowest BCUT2D eigenvalue weighted by Crippen LogP contribution is -2.50. The first-order valence-corrected chi connectivity index (χ1v) is 13.5. The first-order valence-electron chi connectivity index (χ1n) is 13.2. The zero-order valence-electron chi connectivity index (χ0n) is 23.1. The van der Waals surface area contributed by atoms with E-state index in [-0.39, 0.29) is 23.0 Å². The minimum atomic E-state index is 0.123. The van der Waals surface area contributed by atoms with Crippen LogP contribution >= 0.6 is 11.6 Å². The van der Waals surface area contributed by atoms with Crippen LogP contribution in [0.5, 0.6) is 5.75 Å². The fourth-order valence-electron chi connectivity index (χ4n) is 5.16. The Morgan fingerprint density at radius 2 is 1.72 bits per heavy atom. The van der Waals surface area contributed by atoms with Crippen LogP contribution in [-0.4, -0.2) is 90.0 Å². The number of nitrogens with two attached hydrogens (primary N) is 1. The lowest BCUT2D eigenvalue weighted by atomic mass is 10.0. The summed E-state index contributed by atoms with van der Waals surface area (Å²) in [6.45, 7) is 10.5. The number of hydrogen-bond donors (Lipinski definition) is 2. The van der Waals surface area contributed by atoms with Crippen molar-refractivity contribution in [1.29, 1.82) is 0 Å². The maximum atomic E-state index is 6.21. The van der Waals surface area contributed by atoms with Crippen LogP contribution in [0, 0.1) is 0 Å². The zero-order valence-corrected chi connectivity index (χ0v) is 23.8. The number of rotatable bonds is 6. The molecule has 0 aliphatic carbocycles. The molecule has 11 nitrogen and oxygen atoms in total. The molecule has 3 N–H and O–H groups in total. The monoisotopic (exact) mass is 553 g/mol. The lowest BCUT2D eigenvalue weighted by molar-refractivity contribution is -0.00571. The van der Waals surface area contributed by atoms with Gasteiger partial charge in [0.05, 0.1) is 30.7 Å².